The molecule has 3 aliphatic carbocycles. The highest BCUT2D eigenvalue weighted by molar-refractivity contribution is 5.86. The highest BCUT2D eigenvalue weighted by Crippen LogP contribution is 2.56. The summed E-state index contributed by atoms with van der Waals surface area (Å²) in [6, 6.07) is -0.714. The van der Waals surface area contributed by atoms with Gasteiger partial charge >= 0.3 is 6.09 Å². The maximum Gasteiger partial charge on any atom is 0.408 e. The Morgan fingerprint density at radius 1 is 1.29 bits per heavy atom. The summed E-state index contributed by atoms with van der Waals surface area (Å²) < 4.78 is 10.5. The molecule has 3 fully saturated rings. The van der Waals surface area contributed by atoms with Crippen molar-refractivity contribution in [1.29, 1.82) is 0 Å². The van der Waals surface area contributed by atoms with Gasteiger partial charge in [0.25, 0.3) is 0 Å². The van der Waals surface area contributed by atoms with E-state index in [0.29, 0.717) is 6.61 Å². The lowest BCUT2D eigenvalue weighted by molar-refractivity contribution is -0.136. The zero-order valence-corrected chi connectivity index (χ0v) is 13.3. The first-order valence-electron chi connectivity index (χ1n) is 7.62. The normalized spacial score (nSPS) is 27.9. The molecule has 0 aromatic heterocycles. The van der Waals surface area contributed by atoms with Crippen molar-refractivity contribution in [1.82, 2.24) is 10.6 Å². The summed E-state index contributed by atoms with van der Waals surface area (Å²) in [5.41, 5.74) is -0.605. The molecule has 0 aromatic rings. The molecule has 1 unspecified atom stereocenters. The average molecular weight is 298 g/mol. The number of ether oxygens (including phenoxy) is 2. The van der Waals surface area contributed by atoms with Crippen LogP contribution in [0.1, 0.15) is 47.0 Å². The Balaban J connectivity index is 1.86. The van der Waals surface area contributed by atoms with E-state index in [-0.39, 0.29) is 18.1 Å². The topological polar surface area (TPSA) is 76.7 Å². The Bertz CT molecular complexity index is 399. The van der Waals surface area contributed by atoms with Crippen molar-refractivity contribution in [3.05, 3.63) is 0 Å². The largest absolute Gasteiger partial charge is 0.444 e. The smallest absolute Gasteiger partial charge is 0.408 e. The van der Waals surface area contributed by atoms with Crippen molar-refractivity contribution in [3.63, 3.8) is 0 Å². The fraction of sp³-hybridized carbons (Fsp3) is 0.867. The Kier molecular flexibility index (Phi) is 4.46. The standard InChI is InChI=1S/C15H26N2O4/c1-5-20-9-11(16-13(19)21-14(2,3)4)12(18)17-15-6-10(7-15)8-15/h10-11H,5-9H2,1-4H3,(H,16,19)(H,17,18). The van der Waals surface area contributed by atoms with Crippen LogP contribution < -0.4 is 10.6 Å². The van der Waals surface area contributed by atoms with Crippen molar-refractivity contribution in [2.24, 2.45) is 5.92 Å². The van der Waals surface area contributed by atoms with Crippen molar-refractivity contribution < 1.29 is 19.1 Å². The fourth-order valence-corrected chi connectivity index (χ4v) is 2.85. The molecule has 21 heavy (non-hydrogen) atoms. The van der Waals surface area contributed by atoms with E-state index in [1.807, 2.05) is 6.92 Å². The molecule has 2 bridgehead atoms. The lowest BCUT2D eigenvalue weighted by Crippen LogP contribution is -2.70. The number of carbonyl (C=O) groups is 2. The van der Waals surface area contributed by atoms with Crippen molar-refractivity contribution in [2.75, 3.05) is 13.2 Å². The molecular formula is C15H26N2O4. The number of carbonyl (C=O) groups excluding carboxylic acids is 2. The summed E-state index contributed by atoms with van der Waals surface area (Å²) in [5.74, 6) is 0.599. The predicted octanol–water partition coefficient (Wildman–Crippen LogP) is 1.58. The van der Waals surface area contributed by atoms with Crippen LogP contribution in [0.25, 0.3) is 0 Å². The van der Waals surface area contributed by atoms with Crippen molar-refractivity contribution in [3.8, 4) is 0 Å². The summed E-state index contributed by atoms with van der Waals surface area (Å²) in [5, 5.41) is 5.64. The van der Waals surface area contributed by atoms with E-state index >= 15 is 0 Å². The quantitative estimate of drug-likeness (QED) is 0.780. The van der Waals surface area contributed by atoms with Gasteiger partial charge in [-0.15, -0.1) is 0 Å². The second-order valence-electron chi connectivity index (χ2n) is 7.11. The Labute approximate surface area is 125 Å². The van der Waals surface area contributed by atoms with Gasteiger partial charge in [0.15, 0.2) is 0 Å². The van der Waals surface area contributed by atoms with Gasteiger partial charge in [0.1, 0.15) is 11.6 Å². The van der Waals surface area contributed by atoms with Crippen LogP contribution in [-0.2, 0) is 14.3 Å². The van der Waals surface area contributed by atoms with Crippen molar-refractivity contribution >= 4 is 12.0 Å². The number of nitrogens with one attached hydrogen (secondary N) is 2. The SMILES string of the molecule is CCOCC(NC(=O)OC(C)(C)C)C(=O)NC12CC(C1)C2. The number of rotatable bonds is 6. The van der Waals surface area contributed by atoms with Crippen LogP contribution in [0.15, 0.2) is 0 Å². The monoisotopic (exact) mass is 298 g/mol. The third kappa shape index (κ3) is 4.09. The number of amides is 2. The summed E-state index contributed by atoms with van der Waals surface area (Å²) in [7, 11) is 0. The van der Waals surface area contributed by atoms with Gasteiger partial charge in [-0.2, -0.15) is 0 Å². The summed E-state index contributed by atoms with van der Waals surface area (Å²) in [6.07, 6.45) is 2.59. The van der Waals surface area contributed by atoms with Gasteiger partial charge in [-0.3, -0.25) is 4.79 Å². The minimum atomic E-state index is -0.714. The molecule has 2 N–H and O–H groups in total. The molecule has 1 atom stereocenters. The van der Waals surface area contributed by atoms with Crippen LogP contribution in [0.3, 0.4) is 0 Å². The molecule has 0 heterocycles. The van der Waals surface area contributed by atoms with Gasteiger partial charge in [0.2, 0.25) is 5.91 Å². The zero-order valence-electron chi connectivity index (χ0n) is 13.3. The first-order valence-corrected chi connectivity index (χ1v) is 7.62. The Morgan fingerprint density at radius 2 is 1.90 bits per heavy atom. The van der Waals surface area contributed by atoms with E-state index in [2.05, 4.69) is 10.6 Å². The number of alkyl carbamates (subject to hydrolysis) is 1. The van der Waals surface area contributed by atoms with Crippen LogP contribution in [0.5, 0.6) is 0 Å². The molecule has 2 amide bonds. The predicted molar refractivity (Wildman–Crippen MR) is 77.9 cm³/mol. The third-order valence-electron chi connectivity index (χ3n) is 3.92. The molecule has 0 radical (unpaired) electrons. The minimum absolute atomic E-state index is 0.0121. The fourth-order valence-electron chi connectivity index (χ4n) is 2.85. The van der Waals surface area contributed by atoms with Crippen LogP contribution in [0.4, 0.5) is 4.79 Å². The Hall–Kier alpha value is -1.30. The number of hydrogen-bond donors (Lipinski definition) is 2. The van der Waals surface area contributed by atoms with Gasteiger partial charge in [0.05, 0.1) is 6.61 Å². The molecular weight excluding hydrogens is 272 g/mol. The van der Waals surface area contributed by atoms with Crippen LogP contribution in [-0.4, -0.2) is 42.4 Å². The zero-order chi connectivity index (χ0) is 15.7. The average Bonchev–Trinajstić information content (AvgIpc) is 2.24. The molecule has 0 spiro atoms. The van der Waals surface area contributed by atoms with E-state index in [0.717, 1.165) is 25.2 Å². The maximum atomic E-state index is 12.3. The molecule has 120 valence electrons. The summed E-state index contributed by atoms with van der Waals surface area (Å²) in [4.78, 5) is 24.1. The van der Waals surface area contributed by atoms with Gasteiger partial charge in [-0.05, 0) is 52.9 Å². The second-order valence-corrected chi connectivity index (χ2v) is 7.11. The molecule has 0 saturated heterocycles. The first kappa shape index (κ1) is 16.1. The van der Waals surface area contributed by atoms with Gasteiger partial charge in [0, 0.05) is 12.1 Å². The third-order valence-corrected chi connectivity index (χ3v) is 3.92. The van der Waals surface area contributed by atoms with E-state index < -0.39 is 17.7 Å². The Morgan fingerprint density at radius 3 is 2.33 bits per heavy atom. The van der Waals surface area contributed by atoms with Gasteiger partial charge < -0.3 is 20.1 Å². The van der Waals surface area contributed by atoms with Crippen LogP contribution in [0.2, 0.25) is 0 Å². The molecule has 3 saturated carbocycles. The summed E-state index contributed by atoms with van der Waals surface area (Å²) in [6.45, 7) is 7.85. The molecule has 0 aromatic carbocycles. The van der Waals surface area contributed by atoms with Crippen LogP contribution >= 0.6 is 0 Å². The highest BCUT2D eigenvalue weighted by Gasteiger charge is 2.57. The minimum Gasteiger partial charge on any atom is -0.444 e. The van der Waals surface area contributed by atoms with E-state index in [1.165, 1.54) is 0 Å². The number of hydrogen-bond acceptors (Lipinski definition) is 4. The van der Waals surface area contributed by atoms with Crippen LogP contribution in [0, 0.1) is 5.92 Å². The van der Waals surface area contributed by atoms with Gasteiger partial charge in [-0.1, -0.05) is 0 Å². The first-order chi connectivity index (χ1) is 9.73. The second kappa shape index (κ2) is 5.83. The molecule has 3 rings (SSSR count). The molecule has 3 aliphatic rings. The van der Waals surface area contributed by atoms with E-state index in [4.69, 9.17) is 9.47 Å². The van der Waals surface area contributed by atoms with Gasteiger partial charge in [-0.25, -0.2) is 4.79 Å². The lowest BCUT2D eigenvalue weighted by atomic mass is 9.50. The van der Waals surface area contributed by atoms with E-state index in [9.17, 15) is 9.59 Å². The summed E-state index contributed by atoms with van der Waals surface area (Å²) >= 11 is 0. The molecule has 6 nitrogen and oxygen atoms in total. The molecule has 6 heteroatoms. The van der Waals surface area contributed by atoms with E-state index in [1.54, 1.807) is 20.8 Å². The lowest BCUT2D eigenvalue weighted by Gasteiger charge is -2.62. The highest BCUT2D eigenvalue weighted by atomic mass is 16.6. The van der Waals surface area contributed by atoms with Crippen molar-refractivity contribution in [2.45, 2.75) is 64.1 Å². The molecule has 0 aliphatic heterocycles. The maximum absolute atomic E-state index is 12.3.